The highest BCUT2D eigenvalue weighted by molar-refractivity contribution is 6.17. The van der Waals surface area contributed by atoms with Crippen molar-refractivity contribution in [2.24, 2.45) is 5.92 Å². The number of nitrogens with one attached hydrogen (secondary N) is 1. The molecule has 1 unspecified atom stereocenters. The average molecular weight is 284 g/mol. The van der Waals surface area contributed by atoms with Crippen LogP contribution in [-0.2, 0) is 6.42 Å². The van der Waals surface area contributed by atoms with Crippen LogP contribution in [0.15, 0.2) is 24.3 Å². The molecular formula is C16H26ClNO. The second kappa shape index (κ2) is 10.1. The molecule has 0 aromatic heterocycles. The van der Waals surface area contributed by atoms with Gasteiger partial charge in [-0.1, -0.05) is 25.5 Å². The van der Waals surface area contributed by atoms with Gasteiger partial charge in [-0.25, -0.2) is 0 Å². The number of hydrogen-bond donors (Lipinski definition) is 1. The molecule has 1 N–H and O–H groups in total. The molecule has 0 spiro atoms. The smallest absolute Gasteiger partial charge is 0.118 e. The van der Waals surface area contributed by atoms with Gasteiger partial charge in [-0.2, -0.15) is 0 Å². The number of halogens is 1. The minimum absolute atomic E-state index is 0.721. The van der Waals surface area contributed by atoms with Crippen LogP contribution in [0.2, 0.25) is 0 Å². The fourth-order valence-electron chi connectivity index (χ4n) is 2.24. The minimum atomic E-state index is 0.721. The molecule has 1 aromatic carbocycles. The lowest BCUT2D eigenvalue weighted by Gasteiger charge is -2.15. The van der Waals surface area contributed by atoms with E-state index < -0.39 is 0 Å². The fourth-order valence-corrected chi connectivity index (χ4v) is 2.55. The summed E-state index contributed by atoms with van der Waals surface area (Å²) in [5.74, 6) is 2.41. The Balaban J connectivity index is 2.21. The first-order valence-electron chi connectivity index (χ1n) is 7.19. The van der Waals surface area contributed by atoms with Gasteiger partial charge in [0.25, 0.3) is 0 Å². The Hall–Kier alpha value is -0.730. The van der Waals surface area contributed by atoms with Gasteiger partial charge in [0.1, 0.15) is 5.75 Å². The van der Waals surface area contributed by atoms with E-state index in [0.717, 1.165) is 43.5 Å². The molecule has 3 heteroatoms. The lowest BCUT2D eigenvalue weighted by molar-refractivity contribution is 0.414. The van der Waals surface area contributed by atoms with Crippen molar-refractivity contribution >= 4 is 11.6 Å². The second-order valence-electron chi connectivity index (χ2n) is 4.93. The van der Waals surface area contributed by atoms with Crippen molar-refractivity contribution in [1.29, 1.82) is 0 Å². The molecule has 0 saturated heterocycles. The standard InChI is InChI=1S/C16H26ClNO/c1-3-4-15(9-11-17)13-18-12-10-14-5-7-16(19-2)8-6-14/h5-8,15,18H,3-4,9-13H2,1-2H3. The van der Waals surface area contributed by atoms with Gasteiger partial charge < -0.3 is 10.1 Å². The molecule has 1 atom stereocenters. The number of methoxy groups -OCH3 is 1. The Labute approximate surface area is 122 Å². The van der Waals surface area contributed by atoms with Crippen LogP contribution < -0.4 is 10.1 Å². The van der Waals surface area contributed by atoms with Gasteiger partial charge in [-0.05, 0) is 56.0 Å². The van der Waals surface area contributed by atoms with E-state index in [0.29, 0.717) is 0 Å². The minimum Gasteiger partial charge on any atom is -0.497 e. The summed E-state index contributed by atoms with van der Waals surface area (Å²) in [6, 6.07) is 8.29. The van der Waals surface area contributed by atoms with Gasteiger partial charge in [0.05, 0.1) is 7.11 Å². The van der Waals surface area contributed by atoms with E-state index in [9.17, 15) is 0 Å². The summed E-state index contributed by atoms with van der Waals surface area (Å²) in [5.41, 5.74) is 1.35. The lowest BCUT2D eigenvalue weighted by atomic mass is 10.0. The first-order chi connectivity index (χ1) is 9.30. The number of ether oxygens (including phenoxy) is 1. The molecule has 0 aliphatic rings. The van der Waals surface area contributed by atoms with Crippen LogP contribution in [0.1, 0.15) is 31.7 Å². The summed E-state index contributed by atoms with van der Waals surface area (Å²) in [6.07, 6.45) is 4.68. The Morgan fingerprint density at radius 3 is 2.53 bits per heavy atom. The zero-order valence-corrected chi connectivity index (χ0v) is 12.9. The Morgan fingerprint density at radius 1 is 1.21 bits per heavy atom. The van der Waals surface area contributed by atoms with Crippen LogP contribution in [0.5, 0.6) is 5.75 Å². The van der Waals surface area contributed by atoms with Crippen LogP contribution in [0.3, 0.4) is 0 Å². The van der Waals surface area contributed by atoms with Crippen molar-refractivity contribution in [3.63, 3.8) is 0 Å². The van der Waals surface area contributed by atoms with Crippen LogP contribution >= 0.6 is 11.6 Å². The Kier molecular flexibility index (Phi) is 8.68. The Bertz CT molecular complexity index is 320. The first kappa shape index (κ1) is 16.3. The zero-order chi connectivity index (χ0) is 13.9. The van der Waals surface area contributed by atoms with Crippen molar-refractivity contribution < 1.29 is 4.74 Å². The third-order valence-corrected chi connectivity index (χ3v) is 3.62. The molecular weight excluding hydrogens is 258 g/mol. The normalized spacial score (nSPS) is 12.4. The average Bonchev–Trinajstić information content (AvgIpc) is 2.44. The SMILES string of the molecule is CCCC(CCCl)CNCCc1ccc(OC)cc1. The van der Waals surface area contributed by atoms with E-state index in [1.165, 1.54) is 18.4 Å². The molecule has 1 aromatic rings. The van der Waals surface area contributed by atoms with Crippen LogP contribution in [0, 0.1) is 5.92 Å². The molecule has 0 heterocycles. The van der Waals surface area contributed by atoms with E-state index in [1.54, 1.807) is 7.11 Å². The summed E-state index contributed by atoms with van der Waals surface area (Å²) in [4.78, 5) is 0. The highest BCUT2D eigenvalue weighted by atomic mass is 35.5. The van der Waals surface area contributed by atoms with Crippen molar-refractivity contribution in [3.8, 4) is 5.75 Å². The number of benzene rings is 1. The van der Waals surface area contributed by atoms with Crippen molar-refractivity contribution in [2.75, 3.05) is 26.1 Å². The van der Waals surface area contributed by atoms with E-state index in [1.807, 2.05) is 12.1 Å². The highest BCUT2D eigenvalue weighted by Crippen LogP contribution is 2.12. The fraction of sp³-hybridized carbons (Fsp3) is 0.625. The number of alkyl halides is 1. The predicted octanol–water partition coefficient (Wildman–Crippen LogP) is 3.87. The van der Waals surface area contributed by atoms with Gasteiger partial charge in [0.15, 0.2) is 0 Å². The van der Waals surface area contributed by atoms with Crippen molar-refractivity contribution in [1.82, 2.24) is 5.32 Å². The third-order valence-electron chi connectivity index (χ3n) is 3.40. The monoisotopic (exact) mass is 283 g/mol. The number of hydrogen-bond acceptors (Lipinski definition) is 2. The van der Waals surface area contributed by atoms with Crippen LogP contribution in [-0.4, -0.2) is 26.1 Å². The molecule has 0 amide bonds. The van der Waals surface area contributed by atoms with E-state index >= 15 is 0 Å². The first-order valence-corrected chi connectivity index (χ1v) is 7.73. The van der Waals surface area contributed by atoms with Gasteiger partial charge >= 0.3 is 0 Å². The maximum atomic E-state index is 5.83. The van der Waals surface area contributed by atoms with E-state index in [-0.39, 0.29) is 0 Å². The largest absolute Gasteiger partial charge is 0.497 e. The molecule has 2 nitrogen and oxygen atoms in total. The highest BCUT2D eigenvalue weighted by Gasteiger charge is 2.06. The number of rotatable bonds is 10. The lowest BCUT2D eigenvalue weighted by Crippen LogP contribution is -2.25. The summed E-state index contributed by atoms with van der Waals surface area (Å²) in [6.45, 7) is 4.34. The van der Waals surface area contributed by atoms with Crippen molar-refractivity contribution in [3.05, 3.63) is 29.8 Å². The van der Waals surface area contributed by atoms with Gasteiger partial charge in [-0.3, -0.25) is 0 Å². The molecule has 0 aliphatic carbocycles. The topological polar surface area (TPSA) is 21.3 Å². The van der Waals surface area contributed by atoms with Crippen LogP contribution in [0.25, 0.3) is 0 Å². The van der Waals surface area contributed by atoms with Gasteiger partial charge in [0.2, 0.25) is 0 Å². The molecule has 0 aliphatic heterocycles. The zero-order valence-electron chi connectivity index (χ0n) is 12.1. The summed E-state index contributed by atoms with van der Waals surface area (Å²) >= 11 is 5.83. The van der Waals surface area contributed by atoms with Gasteiger partial charge in [-0.15, -0.1) is 11.6 Å². The molecule has 108 valence electrons. The Morgan fingerprint density at radius 2 is 1.95 bits per heavy atom. The summed E-state index contributed by atoms with van der Waals surface area (Å²) < 4.78 is 5.15. The molecule has 0 saturated carbocycles. The quantitative estimate of drug-likeness (QED) is 0.520. The summed E-state index contributed by atoms with van der Waals surface area (Å²) in [5, 5.41) is 3.54. The van der Waals surface area contributed by atoms with Gasteiger partial charge in [0, 0.05) is 5.88 Å². The summed E-state index contributed by atoms with van der Waals surface area (Å²) in [7, 11) is 1.70. The maximum Gasteiger partial charge on any atom is 0.118 e. The predicted molar refractivity (Wildman–Crippen MR) is 83.3 cm³/mol. The van der Waals surface area contributed by atoms with E-state index in [2.05, 4.69) is 24.4 Å². The maximum absolute atomic E-state index is 5.83. The van der Waals surface area contributed by atoms with Crippen molar-refractivity contribution in [2.45, 2.75) is 32.6 Å². The molecule has 0 fully saturated rings. The molecule has 0 radical (unpaired) electrons. The second-order valence-corrected chi connectivity index (χ2v) is 5.31. The van der Waals surface area contributed by atoms with Crippen LogP contribution in [0.4, 0.5) is 0 Å². The van der Waals surface area contributed by atoms with E-state index in [4.69, 9.17) is 16.3 Å². The molecule has 0 bridgehead atoms. The third kappa shape index (κ3) is 6.84. The molecule has 1 rings (SSSR count). The molecule has 19 heavy (non-hydrogen) atoms.